The van der Waals surface area contributed by atoms with Crippen LogP contribution in [0.2, 0.25) is 0 Å². The fraction of sp³-hybridized carbons (Fsp3) is 0.158. The lowest BCUT2D eigenvalue weighted by Crippen LogP contribution is -2.25. The Kier molecular flexibility index (Phi) is 3.27. The summed E-state index contributed by atoms with van der Waals surface area (Å²) in [4.78, 5) is 20.6. The van der Waals surface area contributed by atoms with E-state index >= 15 is 0 Å². The molecule has 0 fully saturated rings. The highest BCUT2D eigenvalue weighted by molar-refractivity contribution is 5.95. The molecule has 27 heavy (non-hydrogen) atoms. The summed E-state index contributed by atoms with van der Waals surface area (Å²) in [7, 11) is 0. The van der Waals surface area contributed by atoms with Gasteiger partial charge in [0.2, 0.25) is 0 Å². The molecule has 3 aromatic heterocycles. The number of hydrogen-bond acceptors (Lipinski definition) is 5. The number of imidazole rings is 1. The van der Waals surface area contributed by atoms with Crippen LogP contribution in [0.15, 0.2) is 42.9 Å². The minimum atomic E-state index is -0.151. The topological polar surface area (TPSA) is 86.3 Å². The van der Waals surface area contributed by atoms with Crippen molar-refractivity contribution in [2.24, 2.45) is 0 Å². The van der Waals surface area contributed by atoms with Gasteiger partial charge in [-0.05, 0) is 32.0 Å². The van der Waals surface area contributed by atoms with E-state index in [9.17, 15) is 4.79 Å². The van der Waals surface area contributed by atoms with Gasteiger partial charge in [0.15, 0.2) is 12.3 Å². The van der Waals surface area contributed by atoms with Gasteiger partial charge in [-0.2, -0.15) is 5.10 Å². The predicted molar refractivity (Wildman–Crippen MR) is 99.1 cm³/mol. The summed E-state index contributed by atoms with van der Waals surface area (Å²) in [6.45, 7) is 3.98. The van der Waals surface area contributed by atoms with Crippen molar-refractivity contribution in [1.29, 1.82) is 0 Å². The zero-order valence-electron chi connectivity index (χ0n) is 14.8. The number of anilines is 1. The third-order valence-corrected chi connectivity index (χ3v) is 4.54. The number of hydrogen-bond donors (Lipinski definition) is 1. The molecule has 0 aliphatic carbocycles. The maximum Gasteiger partial charge on any atom is 0.262 e. The zero-order chi connectivity index (χ0) is 18.5. The molecule has 0 spiro atoms. The Hall–Kier alpha value is -3.68. The van der Waals surface area contributed by atoms with Crippen molar-refractivity contribution in [3.8, 4) is 22.8 Å². The van der Waals surface area contributed by atoms with Crippen LogP contribution in [-0.2, 0) is 4.79 Å². The second-order valence-electron chi connectivity index (χ2n) is 6.47. The molecule has 5 rings (SSSR count). The van der Waals surface area contributed by atoms with Crippen molar-refractivity contribution in [1.82, 2.24) is 24.1 Å². The van der Waals surface area contributed by atoms with Crippen molar-refractivity contribution in [3.05, 3.63) is 54.2 Å². The van der Waals surface area contributed by atoms with Crippen LogP contribution < -0.4 is 10.1 Å². The van der Waals surface area contributed by atoms with Crippen LogP contribution in [0, 0.1) is 13.8 Å². The molecule has 1 aliphatic rings. The normalized spacial score (nSPS) is 13.3. The predicted octanol–water partition coefficient (Wildman–Crippen LogP) is 2.53. The molecule has 4 aromatic rings. The van der Waals surface area contributed by atoms with E-state index in [4.69, 9.17) is 4.74 Å². The van der Waals surface area contributed by atoms with Gasteiger partial charge >= 0.3 is 0 Å². The lowest BCUT2D eigenvalue weighted by Gasteiger charge is -2.19. The van der Waals surface area contributed by atoms with Crippen molar-refractivity contribution in [3.63, 3.8) is 0 Å². The number of aromatic nitrogens is 5. The minimum Gasteiger partial charge on any atom is -0.482 e. The molecule has 0 unspecified atom stereocenters. The van der Waals surface area contributed by atoms with E-state index in [1.807, 2.05) is 53.4 Å². The van der Waals surface area contributed by atoms with Crippen molar-refractivity contribution >= 4 is 17.2 Å². The van der Waals surface area contributed by atoms with Gasteiger partial charge in [-0.1, -0.05) is 0 Å². The average molecular weight is 360 g/mol. The van der Waals surface area contributed by atoms with Crippen molar-refractivity contribution in [2.75, 3.05) is 11.9 Å². The Bertz CT molecular complexity index is 1210. The Morgan fingerprint density at radius 2 is 2.11 bits per heavy atom. The second-order valence-corrected chi connectivity index (χ2v) is 6.47. The number of ether oxygens (including phenoxy) is 1. The zero-order valence-corrected chi connectivity index (χ0v) is 14.8. The molecule has 1 aliphatic heterocycles. The summed E-state index contributed by atoms with van der Waals surface area (Å²) < 4.78 is 9.30. The molecular weight excluding hydrogens is 344 g/mol. The largest absolute Gasteiger partial charge is 0.482 e. The highest BCUT2D eigenvalue weighted by atomic mass is 16.5. The van der Waals surface area contributed by atoms with Crippen LogP contribution in [0.4, 0.5) is 5.69 Å². The first kappa shape index (κ1) is 15.6. The van der Waals surface area contributed by atoms with Crippen LogP contribution >= 0.6 is 0 Å². The molecule has 0 saturated carbocycles. The smallest absolute Gasteiger partial charge is 0.262 e. The summed E-state index contributed by atoms with van der Waals surface area (Å²) in [6, 6.07) is 7.61. The molecule has 0 saturated heterocycles. The van der Waals surface area contributed by atoms with Gasteiger partial charge in [-0.15, -0.1) is 0 Å². The first-order chi connectivity index (χ1) is 13.1. The third-order valence-electron chi connectivity index (χ3n) is 4.54. The number of benzene rings is 1. The highest BCUT2D eigenvalue weighted by Crippen LogP contribution is 2.32. The summed E-state index contributed by atoms with van der Waals surface area (Å²) in [5.41, 5.74) is 5.10. The SMILES string of the molecule is Cc1cc(C)n2ncc(-c3nccn3-c3ccc4c(c3)OCC(=O)N4)c2n1. The highest BCUT2D eigenvalue weighted by Gasteiger charge is 2.19. The third kappa shape index (κ3) is 2.45. The van der Waals surface area contributed by atoms with Gasteiger partial charge in [0.05, 0.1) is 23.1 Å². The van der Waals surface area contributed by atoms with Crippen LogP contribution in [0.1, 0.15) is 11.4 Å². The van der Waals surface area contributed by atoms with E-state index in [-0.39, 0.29) is 12.5 Å². The molecule has 4 heterocycles. The molecule has 8 heteroatoms. The van der Waals surface area contributed by atoms with Crippen LogP contribution in [0.25, 0.3) is 22.7 Å². The van der Waals surface area contributed by atoms with E-state index in [0.29, 0.717) is 11.4 Å². The summed E-state index contributed by atoms with van der Waals surface area (Å²) in [6.07, 6.45) is 5.40. The number of nitrogens with one attached hydrogen (secondary N) is 1. The summed E-state index contributed by atoms with van der Waals surface area (Å²) in [5.74, 6) is 1.22. The fourth-order valence-electron chi connectivity index (χ4n) is 3.35. The molecule has 1 aromatic carbocycles. The summed E-state index contributed by atoms with van der Waals surface area (Å²) in [5, 5.41) is 7.26. The quantitative estimate of drug-likeness (QED) is 0.594. The van der Waals surface area contributed by atoms with Crippen molar-refractivity contribution in [2.45, 2.75) is 13.8 Å². The van der Waals surface area contributed by atoms with E-state index in [1.165, 1.54) is 0 Å². The standard InChI is InChI=1S/C19H16N6O2/c1-11-7-12(2)25-19(22-11)14(9-21-25)18-20-5-6-24(18)13-3-4-15-16(8-13)27-10-17(26)23-15/h3-9H,10H2,1-2H3,(H,23,26). The van der Waals surface area contributed by atoms with Gasteiger partial charge < -0.3 is 10.1 Å². The van der Waals surface area contributed by atoms with E-state index in [2.05, 4.69) is 20.4 Å². The molecule has 1 amide bonds. The van der Waals surface area contributed by atoms with Crippen LogP contribution in [0.5, 0.6) is 5.75 Å². The number of nitrogens with zero attached hydrogens (tertiary/aromatic N) is 5. The number of rotatable bonds is 2. The van der Waals surface area contributed by atoms with Gasteiger partial charge in [0.1, 0.15) is 11.6 Å². The van der Waals surface area contributed by atoms with Crippen LogP contribution in [-0.4, -0.2) is 36.7 Å². The van der Waals surface area contributed by atoms with E-state index in [0.717, 1.165) is 34.1 Å². The van der Waals surface area contributed by atoms with E-state index < -0.39 is 0 Å². The maximum atomic E-state index is 11.5. The Balaban J connectivity index is 1.65. The number of amides is 1. The second kappa shape index (κ2) is 5.66. The fourth-order valence-corrected chi connectivity index (χ4v) is 3.35. The van der Waals surface area contributed by atoms with Gasteiger partial charge in [-0.25, -0.2) is 14.5 Å². The van der Waals surface area contributed by atoms with Gasteiger partial charge in [0, 0.05) is 29.8 Å². The molecule has 8 nitrogen and oxygen atoms in total. The van der Waals surface area contributed by atoms with E-state index in [1.54, 1.807) is 12.4 Å². The number of carbonyl (C=O) groups is 1. The van der Waals surface area contributed by atoms with Gasteiger partial charge in [-0.3, -0.25) is 9.36 Å². The van der Waals surface area contributed by atoms with Crippen molar-refractivity contribution < 1.29 is 9.53 Å². The number of fused-ring (bicyclic) bond motifs is 2. The number of aryl methyl sites for hydroxylation is 2. The van der Waals surface area contributed by atoms with Gasteiger partial charge in [0.25, 0.3) is 5.91 Å². The average Bonchev–Trinajstić information content (AvgIpc) is 3.27. The van der Waals surface area contributed by atoms with Crippen LogP contribution in [0.3, 0.4) is 0 Å². The molecule has 134 valence electrons. The lowest BCUT2D eigenvalue weighted by molar-refractivity contribution is -0.118. The first-order valence-corrected chi connectivity index (χ1v) is 8.53. The monoisotopic (exact) mass is 360 g/mol. The molecule has 0 atom stereocenters. The maximum absolute atomic E-state index is 11.5. The first-order valence-electron chi connectivity index (χ1n) is 8.53. The Morgan fingerprint density at radius 3 is 3.00 bits per heavy atom. The lowest BCUT2D eigenvalue weighted by atomic mass is 10.2. The summed E-state index contributed by atoms with van der Waals surface area (Å²) >= 11 is 0. The molecule has 0 radical (unpaired) electrons. The number of carbonyl (C=O) groups excluding carboxylic acids is 1. The Labute approximate surface area is 154 Å². The molecular formula is C19H16N6O2. The molecule has 0 bridgehead atoms. The minimum absolute atomic E-state index is 0.0176. The molecule has 1 N–H and O–H groups in total. The Morgan fingerprint density at radius 1 is 1.22 bits per heavy atom.